The Kier molecular flexibility index (Phi) is 8.48. The molecular weight excluding hydrogens is 550 g/mol. The minimum Gasteiger partial charge on any atom is -0.487 e. The third-order valence-corrected chi connectivity index (χ3v) is 5.00. The molecule has 3 aromatic rings. The molecule has 0 saturated heterocycles. The van der Waals surface area contributed by atoms with Crippen LogP contribution in [0, 0.1) is 23.5 Å². The van der Waals surface area contributed by atoms with Crippen LogP contribution < -0.4 is 9.47 Å². The van der Waals surface area contributed by atoms with Gasteiger partial charge in [0.2, 0.25) is 0 Å². The Hall–Kier alpha value is -4.21. The highest BCUT2D eigenvalue weighted by atomic mass is 19.4. The van der Waals surface area contributed by atoms with E-state index in [0.29, 0.717) is 11.6 Å². The number of carbonyl (C=O) groups is 1. The quantitative estimate of drug-likeness (QED) is 0.126. The van der Waals surface area contributed by atoms with E-state index in [2.05, 4.69) is 16.6 Å². The normalized spacial score (nSPS) is 12.1. The molecular formula is C26H14F10O3. The van der Waals surface area contributed by atoms with Crippen molar-refractivity contribution in [2.75, 3.05) is 6.61 Å². The van der Waals surface area contributed by atoms with Gasteiger partial charge in [0.1, 0.15) is 11.5 Å². The summed E-state index contributed by atoms with van der Waals surface area (Å²) in [7, 11) is 0. The molecule has 0 aromatic heterocycles. The van der Waals surface area contributed by atoms with E-state index in [9.17, 15) is 48.7 Å². The lowest BCUT2D eigenvalue weighted by atomic mass is 10.1. The highest BCUT2D eigenvalue weighted by Crippen LogP contribution is 2.48. The number of alkyl halides is 8. The van der Waals surface area contributed by atoms with Gasteiger partial charge in [-0.05, 0) is 66.7 Å². The number of esters is 1. The smallest absolute Gasteiger partial charge is 0.381 e. The molecule has 0 radical (unpaired) electrons. The van der Waals surface area contributed by atoms with Gasteiger partial charge in [-0.1, -0.05) is 11.8 Å². The fourth-order valence-electron chi connectivity index (χ4n) is 2.82. The first kappa shape index (κ1) is 29.3. The largest absolute Gasteiger partial charge is 0.487 e. The zero-order valence-electron chi connectivity index (χ0n) is 19.1. The van der Waals surface area contributed by atoms with Crippen molar-refractivity contribution in [3.63, 3.8) is 0 Å². The molecule has 0 aliphatic carbocycles. The van der Waals surface area contributed by atoms with Crippen LogP contribution in [0.5, 0.6) is 11.5 Å². The monoisotopic (exact) mass is 564 g/mol. The molecule has 0 heterocycles. The van der Waals surface area contributed by atoms with Gasteiger partial charge in [0.15, 0.2) is 18.2 Å². The van der Waals surface area contributed by atoms with E-state index < -0.39 is 54.2 Å². The molecule has 206 valence electrons. The molecule has 0 amide bonds. The number of hydrogen-bond acceptors (Lipinski definition) is 3. The Morgan fingerprint density at radius 1 is 0.744 bits per heavy atom. The molecule has 0 N–H and O–H groups in total. The molecule has 13 heteroatoms. The molecule has 0 unspecified atom stereocenters. The van der Waals surface area contributed by atoms with E-state index >= 15 is 0 Å². The maximum atomic E-state index is 13.6. The Morgan fingerprint density at radius 2 is 1.26 bits per heavy atom. The van der Waals surface area contributed by atoms with Gasteiger partial charge in [-0.2, -0.15) is 26.3 Å². The van der Waals surface area contributed by atoms with E-state index in [1.54, 1.807) is 0 Å². The van der Waals surface area contributed by atoms with E-state index in [1.165, 1.54) is 36.4 Å². The Labute approximate surface area is 214 Å². The molecule has 0 aliphatic rings. The van der Waals surface area contributed by atoms with Crippen molar-refractivity contribution in [2.24, 2.45) is 0 Å². The molecule has 0 aliphatic heterocycles. The van der Waals surface area contributed by atoms with Gasteiger partial charge >= 0.3 is 30.2 Å². The van der Waals surface area contributed by atoms with Crippen molar-refractivity contribution in [3.05, 3.63) is 95.1 Å². The minimum atomic E-state index is -6.37. The highest BCUT2D eigenvalue weighted by Gasteiger charge is 2.75. The summed E-state index contributed by atoms with van der Waals surface area (Å²) >= 11 is 0. The van der Waals surface area contributed by atoms with Crippen molar-refractivity contribution in [3.8, 4) is 23.3 Å². The standard InChI is InChI=1S/C26H14F10O3/c27-20-12-7-17(13-21(20)28)22(37)39-19-10-5-16(6-11-19)2-1-15-3-8-18(9-4-15)38-14-24(31,32)26(35,36)25(33,34)23(29)30/h3-13,23H,14H2. The highest BCUT2D eigenvalue weighted by molar-refractivity contribution is 5.91. The summed E-state index contributed by atoms with van der Waals surface area (Å²) in [6.07, 6.45) is -5.02. The van der Waals surface area contributed by atoms with Crippen LogP contribution in [0.25, 0.3) is 0 Å². The summed E-state index contributed by atoms with van der Waals surface area (Å²) in [4.78, 5) is 12.0. The zero-order chi connectivity index (χ0) is 29.0. The number of carbonyl (C=O) groups excluding carboxylic acids is 1. The maximum Gasteiger partial charge on any atom is 0.381 e. The molecule has 3 rings (SSSR count). The fourth-order valence-corrected chi connectivity index (χ4v) is 2.82. The second-order valence-electron chi connectivity index (χ2n) is 7.81. The zero-order valence-corrected chi connectivity index (χ0v) is 19.1. The molecule has 3 nitrogen and oxygen atoms in total. The average Bonchev–Trinajstić information content (AvgIpc) is 2.89. The number of hydrogen-bond donors (Lipinski definition) is 0. The summed E-state index contributed by atoms with van der Waals surface area (Å²) in [5, 5.41) is 0. The second kappa shape index (κ2) is 11.3. The van der Waals surface area contributed by atoms with Crippen LogP contribution in [0.1, 0.15) is 21.5 Å². The molecule has 39 heavy (non-hydrogen) atoms. The first-order valence-electron chi connectivity index (χ1n) is 10.6. The van der Waals surface area contributed by atoms with Gasteiger partial charge in [0.25, 0.3) is 0 Å². The van der Waals surface area contributed by atoms with Crippen LogP contribution in [0.4, 0.5) is 43.9 Å². The van der Waals surface area contributed by atoms with E-state index in [4.69, 9.17) is 4.74 Å². The molecule has 3 aromatic carbocycles. The van der Waals surface area contributed by atoms with Crippen LogP contribution in [-0.4, -0.2) is 36.8 Å². The van der Waals surface area contributed by atoms with Gasteiger partial charge in [-0.15, -0.1) is 0 Å². The summed E-state index contributed by atoms with van der Waals surface area (Å²) in [5.41, 5.74) is 0.496. The van der Waals surface area contributed by atoms with Crippen LogP contribution >= 0.6 is 0 Å². The van der Waals surface area contributed by atoms with Gasteiger partial charge in [0, 0.05) is 11.1 Å². The van der Waals surface area contributed by atoms with Crippen molar-refractivity contribution in [1.82, 2.24) is 0 Å². The average molecular weight is 564 g/mol. The third kappa shape index (κ3) is 6.63. The van der Waals surface area contributed by atoms with Crippen LogP contribution in [0.15, 0.2) is 66.7 Å². The molecule has 0 saturated carbocycles. The molecule has 0 bridgehead atoms. The summed E-state index contributed by atoms with van der Waals surface area (Å²) in [6.45, 7) is -2.29. The number of halogens is 10. The summed E-state index contributed by atoms with van der Waals surface area (Å²) in [5.74, 6) is -16.5. The fraction of sp³-hybridized carbons (Fsp3) is 0.192. The second-order valence-corrected chi connectivity index (χ2v) is 7.81. The molecule has 0 fully saturated rings. The minimum absolute atomic E-state index is 0.0745. The van der Waals surface area contributed by atoms with Crippen LogP contribution in [0.2, 0.25) is 0 Å². The number of ether oxygens (including phenoxy) is 2. The Bertz CT molecular complexity index is 1380. The molecule has 0 atom stereocenters. The van der Waals surface area contributed by atoms with E-state index in [-0.39, 0.29) is 16.9 Å². The first-order valence-corrected chi connectivity index (χ1v) is 10.6. The van der Waals surface area contributed by atoms with Crippen LogP contribution in [0.3, 0.4) is 0 Å². The third-order valence-electron chi connectivity index (χ3n) is 5.00. The van der Waals surface area contributed by atoms with Crippen molar-refractivity contribution < 1.29 is 58.2 Å². The van der Waals surface area contributed by atoms with E-state index in [1.807, 2.05) is 0 Å². The number of benzene rings is 3. The maximum absolute atomic E-state index is 13.6. The van der Waals surface area contributed by atoms with Gasteiger partial charge in [0.05, 0.1) is 5.56 Å². The molecule has 0 spiro atoms. The lowest BCUT2D eigenvalue weighted by Gasteiger charge is -2.31. The van der Waals surface area contributed by atoms with Gasteiger partial charge < -0.3 is 9.47 Å². The SMILES string of the molecule is O=C(Oc1ccc(C#Cc2ccc(OCC(F)(F)C(F)(F)C(F)(F)C(F)F)cc2)cc1)c1ccc(F)c(F)c1. The van der Waals surface area contributed by atoms with Gasteiger partial charge in [-0.3, -0.25) is 0 Å². The topological polar surface area (TPSA) is 35.5 Å². The lowest BCUT2D eigenvalue weighted by molar-refractivity contribution is -0.342. The predicted octanol–water partition coefficient (Wildman–Crippen LogP) is 7.13. The first-order chi connectivity index (χ1) is 18.1. The Balaban J connectivity index is 1.60. The van der Waals surface area contributed by atoms with E-state index in [0.717, 1.165) is 24.3 Å². The lowest BCUT2D eigenvalue weighted by Crippen LogP contribution is -2.59. The predicted molar refractivity (Wildman–Crippen MR) is 117 cm³/mol. The van der Waals surface area contributed by atoms with Crippen LogP contribution in [-0.2, 0) is 0 Å². The van der Waals surface area contributed by atoms with Crippen molar-refractivity contribution in [2.45, 2.75) is 24.2 Å². The van der Waals surface area contributed by atoms with Gasteiger partial charge in [-0.25, -0.2) is 22.4 Å². The van der Waals surface area contributed by atoms with Crippen molar-refractivity contribution in [1.29, 1.82) is 0 Å². The summed E-state index contributed by atoms with van der Waals surface area (Å²) in [6, 6.07) is 12.6. The van der Waals surface area contributed by atoms with Crippen molar-refractivity contribution >= 4 is 5.97 Å². The Morgan fingerprint density at radius 3 is 1.74 bits per heavy atom. The number of rotatable bonds is 8. The summed E-state index contributed by atoms with van der Waals surface area (Å²) < 4.78 is 140.